The molecule has 0 spiro atoms. The van der Waals surface area contributed by atoms with Crippen LogP contribution in [0.5, 0.6) is 11.5 Å². The minimum absolute atomic E-state index is 0.00597. The van der Waals surface area contributed by atoms with E-state index < -0.39 is 59.6 Å². The Kier molecular flexibility index (Phi) is 14.3. The van der Waals surface area contributed by atoms with E-state index in [2.05, 4.69) is 31.2 Å². The lowest BCUT2D eigenvalue weighted by molar-refractivity contribution is -0.140. The van der Waals surface area contributed by atoms with E-state index in [0.29, 0.717) is 0 Å². The van der Waals surface area contributed by atoms with Gasteiger partial charge in [0, 0.05) is 59.1 Å². The monoisotopic (exact) mass is 952 g/mol. The molecule has 0 aliphatic carbocycles. The smallest absolute Gasteiger partial charge is 0.246 e. The van der Waals surface area contributed by atoms with Crippen LogP contribution in [0.2, 0.25) is 0 Å². The predicted molar refractivity (Wildman–Crippen MR) is 263 cm³/mol. The van der Waals surface area contributed by atoms with Crippen molar-refractivity contribution in [2.24, 2.45) is 11.5 Å². The molecule has 12 N–H and O–H groups in total. The number of para-hydroxylation sites is 2. The first kappa shape index (κ1) is 48.7. The van der Waals surface area contributed by atoms with Crippen molar-refractivity contribution >= 4 is 57.2 Å². The number of nitrogens with one attached hydrogen (secondary N) is 6. The Morgan fingerprint density at radius 1 is 0.614 bits per heavy atom. The number of fused-ring (bicyclic) bond motifs is 6. The minimum atomic E-state index is -1.03. The summed E-state index contributed by atoms with van der Waals surface area (Å²) in [4.78, 5) is 92.1. The van der Waals surface area contributed by atoms with Gasteiger partial charge in [-0.1, -0.05) is 36.4 Å². The number of aromatic hydroxyl groups is 2. The van der Waals surface area contributed by atoms with Crippen molar-refractivity contribution in [1.82, 2.24) is 41.0 Å². The van der Waals surface area contributed by atoms with Gasteiger partial charge in [-0.3, -0.25) is 28.8 Å². The van der Waals surface area contributed by atoms with Gasteiger partial charge in [0.15, 0.2) is 0 Å². The molecule has 4 atom stereocenters. The molecule has 0 fully saturated rings. The van der Waals surface area contributed by atoms with E-state index in [0.717, 1.165) is 77.7 Å². The molecule has 4 heterocycles. The Bertz CT molecular complexity index is 2780. The van der Waals surface area contributed by atoms with Crippen LogP contribution < -0.4 is 32.7 Å². The van der Waals surface area contributed by atoms with Gasteiger partial charge in [0.2, 0.25) is 35.4 Å². The second kappa shape index (κ2) is 20.5. The number of carbonyl (C=O) groups excluding carboxylic acids is 6. The number of hydrogen-bond acceptors (Lipinski definition) is 10. The topological polar surface area (TPSA) is 281 Å². The number of hydrogen-bond donors (Lipinski definition) is 10. The number of phenolic OH excluding ortho intramolecular Hbond substituents is 2. The summed E-state index contributed by atoms with van der Waals surface area (Å²) in [5, 5.41) is 33.1. The molecule has 8 rings (SSSR count). The third kappa shape index (κ3) is 10.6. The van der Waals surface area contributed by atoms with Crippen LogP contribution in [0.1, 0.15) is 55.9 Å². The fraction of sp³-hybridized carbons (Fsp3) is 0.346. The molecule has 366 valence electrons. The summed E-state index contributed by atoms with van der Waals surface area (Å²) in [6.45, 7) is 6.80. The highest BCUT2D eigenvalue weighted by Crippen LogP contribution is 2.30. The molecule has 18 heteroatoms. The Labute approximate surface area is 404 Å². The maximum atomic E-state index is 14.2. The van der Waals surface area contributed by atoms with Crippen LogP contribution in [0.15, 0.2) is 72.8 Å². The summed E-state index contributed by atoms with van der Waals surface area (Å²) in [5.74, 6) is -2.76. The summed E-state index contributed by atoms with van der Waals surface area (Å²) >= 11 is 0. The highest BCUT2D eigenvalue weighted by molar-refractivity contribution is 5.96. The molecule has 0 radical (unpaired) electrons. The molecule has 6 aromatic rings. The van der Waals surface area contributed by atoms with Crippen molar-refractivity contribution in [3.8, 4) is 11.5 Å². The average molecular weight is 953 g/mol. The van der Waals surface area contributed by atoms with E-state index in [1.54, 1.807) is 24.3 Å². The Balaban J connectivity index is 0.890. The third-order valence-corrected chi connectivity index (χ3v) is 13.5. The van der Waals surface area contributed by atoms with E-state index in [-0.39, 0.29) is 76.5 Å². The van der Waals surface area contributed by atoms with E-state index >= 15 is 0 Å². The summed E-state index contributed by atoms with van der Waals surface area (Å²) in [7, 11) is 0. The number of aromatic amines is 2. The SMILES string of the molecule is Cc1cc(O)cc(C)c1C[C@H](N)C(=O)N[C@@H]1Cc2c([nH]c3ccccc23)CN(CC(=O)NCCNC(=O)CN2Cc3[nH]c4ccccc4c3C[C@@H](NC(=O)[C@@H](N)Cc3c(C)cc(O)cc3C)C2=O)C1=O. The average Bonchev–Trinajstić information content (AvgIpc) is 3.76. The molecule has 4 aromatic carbocycles. The number of nitrogens with zero attached hydrogens (tertiary/aromatic N) is 2. The molecule has 6 amide bonds. The van der Waals surface area contributed by atoms with Crippen molar-refractivity contribution in [1.29, 1.82) is 0 Å². The highest BCUT2D eigenvalue weighted by Gasteiger charge is 2.36. The van der Waals surface area contributed by atoms with Gasteiger partial charge in [-0.2, -0.15) is 0 Å². The number of carbonyl (C=O) groups is 6. The molecule has 18 nitrogen and oxygen atoms in total. The standard InChI is InChI=1S/C52H60N10O8/c1-27-15-31(63)16-28(2)35(27)19-39(53)49(67)59-43-21-37-33-9-5-7-11-41(33)57-45(37)23-61(51(43)69)25-47(65)55-13-14-56-48(66)26-62-24-46-38(34-10-6-8-12-42(34)58-46)22-44(52(62)70)60-50(68)40(54)20-36-29(3)17-32(64)18-30(36)4/h5-12,15-18,39-40,43-44,57-58,63-64H,13-14,19-26,53-54H2,1-4H3,(H,55,65)(H,56,66)(H,59,67)(H,60,68)/t39-,40-,43+,44+/m0/s1. The molecule has 0 unspecified atom stereocenters. The molecular formula is C52H60N10O8. The Morgan fingerprint density at radius 2 is 0.971 bits per heavy atom. The molecule has 0 saturated heterocycles. The zero-order valence-electron chi connectivity index (χ0n) is 39.7. The molecule has 2 aromatic heterocycles. The lowest BCUT2D eigenvalue weighted by atomic mass is 9.95. The van der Waals surface area contributed by atoms with Gasteiger partial charge in [-0.25, -0.2) is 0 Å². The van der Waals surface area contributed by atoms with Crippen molar-refractivity contribution < 1.29 is 39.0 Å². The number of H-pyrrole nitrogens is 2. The van der Waals surface area contributed by atoms with Crippen LogP contribution in [-0.4, -0.2) is 116 Å². The van der Waals surface area contributed by atoms with Gasteiger partial charge in [0.1, 0.15) is 23.6 Å². The van der Waals surface area contributed by atoms with Crippen molar-refractivity contribution in [3.05, 3.63) is 129 Å². The van der Waals surface area contributed by atoms with Gasteiger partial charge in [-0.15, -0.1) is 0 Å². The quantitative estimate of drug-likeness (QED) is 0.0670. The molecule has 2 aliphatic rings. The number of amides is 6. The number of benzene rings is 4. The van der Waals surface area contributed by atoms with Gasteiger partial charge in [0.05, 0.1) is 38.3 Å². The summed E-state index contributed by atoms with van der Waals surface area (Å²) in [5.41, 5.74) is 22.5. The zero-order chi connectivity index (χ0) is 50.0. The number of aryl methyl sites for hydroxylation is 4. The fourth-order valence-corrected chi connectivity index (χ4v) is 9.93. The van der Waals surface area contributed by atoms with Gasteiger partial charge in [-0.05, 0) is 121 Å². The number of nitrogens with two attached hydrogens (primary N) is 2. The fourth-order valence-electron chi connectivity index (χ4n) is 9.93. The first-order valence-corrected chi connectivity index (χ1v) is 23.4. The first-order chi connectivity index (χ1) is 33.4. The maximum absolute atomic E-state index is 14.2. The Hall–Kier alpha value is -7.70. The van der Waals surface area contributed by atoms with Crippen LogP contribution in [0.3, 0.4) is 0 Å². The molecule has 0 saturated carbocycles. The van der Waals surface area contributed by atoms with Crippen molar-refractivity contribution in [2.45, 2.75) is 90.6 Å². The van der Waals surface area contributed by atoms with E-state index in [1.807, 2.05) is 76.2 Å². The van der Waals surface area contributed by atoms with Crippen molar-refractivity contribution in [2.75, 3.05) is 26.2 Å². The largest absolute Gasteiger partial charge is 0.508 e. The van der Waals surface area contributed by atoms with Crippen LogP contribution >= 0.6 is 0 Å². The summed E-state index contributed by atoms with van der Waals surface area (Å²) < 4.78 is 0. The third-order valence-electron chi connectivity index (χ3n) is 13.5. The zero-order valence-corrected chi connectivity index (χ0v) is 39.7. The lowest BCUT2D eigenvalue weighted by Crippen LogP contribution is -2.54. The van der Waals surface area contributed by atoms with E-state index in [4.69, 9.17) is 11.5 Å². The minimum Gasteiger partial charge on any atom is -0.508 e. The second-order valence-electron chi connectivity index (χ2n) is 18.6. The first-order valence-electron chi connectivity index (χ1n) is 23.4. The summed E-state index contributed by atoms with van der Waals surface area (Å²) in [6, 6.07) is 17.6. The van der Waals surface area contributed by atoms with Crippen LogP contribution in [0.4, 0.5) is 0 Å². The van der Waals surface area contributed by atoms with Gasteiger partial charge >= 0.3 is 0 Å². The number of aromatic nitrogens is 2. The molecule has 70 heavy (non-hydrogen) atoms. The maximum Gasteiger partial charge on any atom is 0.246 e. The van der Waals surface area contributed by atoms with Crippen LogP contribution in [0.25, 0.3) is 21.8 Å². The van der Waals surface area contributed by atoms with Crippen LogP contribution in [0, 0.1) is 27.7 Å². The second-order valence-corrected chi connectivity index (χ2v) is 18.6. The lowest BCUT2D eigenvalue weighted by Gasteiger charge is -2.26. The molecule has 0 bridgehead atoms. The van der Waals surface area contributed by atoms with E-state index in [9.17, 15) is 39.0 Å². The number of rotatable bonds is 15. The Morgan fingerprint density at radius 3 is 1.34 bits per heavy atom. The predicted octanol–water partition coefficient (Wildman–Crippen LogP) is 2.11. The highest BCUT2D eigenvalue weighted by atomic mass is 16.3. The normalized spacial score (nSPS) is 16.8. The van der Waals surface area contributed by atoms with Crippen molar-refractivity contribution in [3.63, 3.8) is 0 Å². The van der Waals surface area contributed by atoms with E-state index in [1.165, 1.54) is 9.80 Å². The van der Waals surface area contributed by atoms with Crippen LogP contribution in [-0.2, 0) is 67.5 Å². The molecule has 2 aliphatic heterocycles. The molecular weight excluding hydrogens is 893 g/mol. The number of phenols is 2. The van der Waals surface area contributed by atoms with Gasteiger partial charge in [0.25, 0.3) is 0 Å². The van der Waals surface area contributed by atoms with Gasteiger partial charge < -0.3 is 62.7 Å². The summed E-state index contributed by atoms with van der Waals surface area (Å²) in [6.07, 6.45) is 0.700.